The summed E-state index contributed by atoms with van der Waals surface area (Å²) < 4.78 is 31.1. The third-order valence-corrected chi connectivity index (χ3v) is 4.35. The molecular weight excluding hydrogens is 289 g/mol. The average Bonchev–Trinajstić information content (AvgIpc) is 2.99. The highest BCUT2D eigenvalue weighted by Gasteiger charge is 2.45. The lowest BCUT2D eigenvalue weighted by Gasteiger charge is -2.47. The highest BCUT2D eigenvalue weighted by atomic mass is 19.2. The molecule has 1 unspecified atom stereocenters. The van der Waals surface area contributed by atoms with Crippen LogP contribution < -0.4 is 11.3 Å². The lowest BCUT2D eigenvalue weighted by molar-refractivity contribution is -0.121. The Morgan fingerprint density at radius 1 is 1.45 bits per heavy atom. The summed E-state index contributed by atoms with van der Waals surface area (Å²) in [5, 5.41) is 0. The zero-order valence-electron chi connectivity index (χ0n) is 12.5. The molecule has 5 nitrogen and oxygen atoms in total. The summed E-state index contributed by atoms with van der Waals surface area (Å²) >= 11 is 0. The predicted molar refractivity (Wildman–Crippen MR) is 81.5 cm³/mol. The van der Waals surface area contributed by atoms with E-state index in [1.54, 1.807) is 25.1 Å². The van der Waals surface area contributed by atoms with Crippen LogP contribution in [-0.2, 0) is 11.2 Å². The molecule has 8 heteroatoms. The second-order valence-electron chi connectivity index (χ2n) is 5.80. The topological polar surface area (TPSA) is 63.3 Å². The van der Waals surface area contributed by atoms with Gasteiger partial charge in [0, 0.05) is 23.9 Å². The zero-order chi connectivity index (χ0) is 16.1. The summed E-state index contributed by atoms with van der Waals surface area (Å²) in [6, 6.07) is 2.97. The van der Waals surface area contributed by atoms with Crippen LogP contribution >= 0.6 is 0 Å². The van der Waals surface area contributed by atoms with Gasteiger partial charge >= 0.3 is 6.97 Å². The van der Waals surface area contributed by atoms with E-state index in [0.717, 1.165) is 10.1 Å². The lowest BCUT2D eigenvalue weighted by atomic mass is 9.87. The second kappa shape index (κ2) is 4.98. The summed E-state index contributed by atoms with van der Waals surface area (Å²) in [4.78, 5) is 12.4. The van der Waals surface area contributed by atoms with Crippen molar-refractivity contribution in [2.45, 2.75) is 32.7 Å². The second-order valence-corrected chi connectivity index (χ2v) is 5.80. The molecular formula is C14H18BF2N4O-. The van der Waals surface area contributed by atoms with Crippen LogP contribution in [0.2, 0.25) is 0 Å². The van der Waals surface area contributed by atoms with Gasteiger partial charge in [0.05, 0.1) is 0 Å². The summed E-state index contributed by atoms with van der Waals surface area (Å²) in [5.74, 6) is 4.66. The molecule has 0 fully saturated rings. The summed E-state index contributed by atoms with van der Waals surface area (Å²) in [6.07, 6.45) is 3.92. The number of fused-ring (bicyclic) bond motifs is 2. The lowest BCUT2D eigenvalue weighted by Crippen LogP contribution is -2.56. The number of rotatable bonds is 3. The minimum atomic E-state index is -3.92. The van der Waals surface area contributed by atoms with E-state index in [0.29, 0.717) is 17.1 Å². The average molecular weight is 307 g/mol. The van der Waals surface area contributed by atoms with E-state index in [1.807, 2.05) is 18.4 Å². The number of aryl methyl sites for hydroxylation is 1. The van der Waals surface area contributed by atoms with Crippen LogP contribution in [0.25, 0.3) is 6.08 Å². The number of carbonyl (C=O) groups is 1. The SMILES string of the molecule is CC1=CC(C)N2C1=Cc1ccc(CCC(=O)NN)n1[B-]2(F)F. The first-order valence-electron chi connectivity index (χ1n) is 7.27. The fraction of sp³-hybridized carbons (Fsp3) is 0.357. The fourth-order valence-corrected chi connectivity index (χ4v) is 3.38. The molecule has 0 aromatic carbocycles. The van der Waals surface area contributed by atoms with Gasteiger partial charge in [-0.25, -0.2) is 5.84 Å². The first-order valence-corrected chi connectivity index (χ1v) is 7.27. The standard InChI is InChI=1S/C14H18BF2N4O/c1-9-7-10(2)20-13(9)8-12-4-3-11(5-6-14(22)19-18)21(12)15(20,16)17/h3-4,7-8,10H,5-6,18H2,1-2H3,(H,19,22)/q-1. The minimum Gasteiger partial charge on any atom is -0.464 e. The van der Waals surface area contributed by atoms with E-state index in [2.05, 4.69) is 0 Å². The maximum Gasteiger partial charge on any atom is 0.529 e. The Bertz CT molecular complexity index is 695. The van der Waals surface area contributed by atoms with E-state index in [-0.39, 0.29) is 24.8 Å². The van der Waals surface area contributed by atoms with Gasteiger partial charge in [0.25, 0.3) is 0 Å². The highest BCUT2D eigenvalue weighted by Crippen LogP contribution is 2.40. The number of carbonyl (C=O) groups excluding carboxylic acids is 1. The number of hydrogen-bond donors (Lipinski definition) is 2. The first kappa shape index (κ1) is 14.8. The minimum absolute atomic E-state index is 0.0789. The molecule has 3 heterocycles. The fourth-order valence-electron chi connectivity index (χ4n) is 3.38. The van der Waals surface area contributed by atoms with Gasteiger partial charge in [0.15, 0.2) is 0 Å². The Balaban J connectivity index is 2.00. The van der Waals surface area contributed by atoms with Crippen molar-refractivity contribution < 1.29 is 13.4 Å². The Hall–Kier alpha value is -2.09. The highest BCUT2D eigenvalue weighted by molar-refractivity contribution is 6.63. The summed E-state index contributed by atoms with van der Waals surface area (Å²) in [5.41, 5.74) is 4.37. The van der Waals surface area contributed by atoms with Crippen molar-refractivity contribution in [3.8, 4) is 0 Å². The van der Waals surface area contributed by atoms with Crippen molar-refractivity contribution in [2.75, 3.05) is 0 Å². The van der Waals surface area contributed by atoms with Gasteiger partial charge in [0.2, 0.25) is 5.91 Å². The third kappa shape index (κ3) is 2.06. The van der Waals surface area contributed by atoms with Crippen LogP contribution in [0.15, 0.2) is 29.5 Å². The van der Waals surface area contributed by atoms with Crippen LogP contribution in [0.3, 0.4) is 0 Å². The number of aromatic nitrogens is 1. The molecule has 0 spiro atoms. The molecule has 2 aliphatic heterocycles. The Kier molecular flexibility index (Phi) is 3.36. The predicted octanol–water partition coefficient (Wildman–Crippen LogP) is 1.64. The molecule has 0 aliphatic carbocycles. The van der Waals surface area contributed by atoms with E-state index >= 15 is 8.63 Å². The molecule has 0 radical (unpaired) electrons. The molecule has 1 amide bonds. The van der Waals surface area contributed by atoms with E-state index < -0.39 is 6.97 Å². The van der Waals surface area contributed by atoms with Gasteiger partial charge in [-0.05, 0) is 49.7 Å². The molecule has 22 heavy (non-hydrogen) atoms. The smallest absolute Gasteiger partial charge is 0.464 e. The third-order valence-electron chi connectivity index (χ3n) is 4.35. The van der Waals surface area contributed by atoms with E-state index in [4.69, 9.17) is 5.84 Å². The molecule has 1 atom stereocenters. The number of nitrogens with one attached hydrogen (secondary N) is 1. The molecule has 0 bridgehead atoms. The van der Waals surface area contributed by atoms with E-state index in [9.17, 15) is 4.79 Å². The van der Waals surface area contributed by atoms with Gasteiger partial charge in [-0.1, -0.05) is 6.08 Å². The quantitative estimate of drug-likeness (QED) is 0.386. The Morgan fingerprint density at radius 3 is 2.86 bits per heavy atom. The van der Waals surface area contributed by atoms with Crippen LogP contribution in [0.5, 0.6) is 0 Å². The monoisotopic (exact) mass is 307 g/mol. The Morgan fingerprint density at radius 2 is 2.18 bits per heavy atom. The maximum absolute atomic E-state index is 15.0. The number of hydrogen-bond acceptors (Lipinski definition) is 3. The number of nitrogens with two attached hydrogens (primary N) is 1. The summed E-state index contributed by atoms with van der Waals surface area (Å²) in [6.45, 7) is -0.316. The molecule has 0 saturated heterocycles. The van der Waals surface area contributed by atoms with Crippen LogP contribution in [-0.4, -0.2) is 28.2 Å². The molecule has 2 aliphatic rings. The normalized spacial score (nSPS) is 21.9. The van der Waals surface area contributed by atoms with Gasteiger partial charge < -0.3 is 17.9 Å². The maximum atomic E-state index is 15.0. The van der Waals surface area contributed by atoms with Crippen molar-refractivity contribution >= 4 is 19.0 Å². The molecule has 3 N–H and O–H groups in total. The van der Waals surface area contributed by atoms with Crippen LogP contribution in [0, 0.1) is 0 Å². The molecule has 118 valence electrons. The molecule has 3 rings (SSSR count). The van der Waals surface area contributed by atoms with Gasteiger partial charge in [0.1, 0.15) is 0 Å². The molecule has 0 saturated carbocycles. The number of nitrogens with zero attached hydrogens (tertiary/aromatic N) is 2. The largest absolute Gasteiger partial charge is 0.529 e. The molecule has 1 aromatic heterocycles. The van der Waals surface area contributed by atoms with Crippen molar-refractivity contribution in [1.82, 2.24) is 14.7 Å². The number of allylic oxidation sites excluding steroid dienone is 1. The van der Waals surface area contributed by atoms with Gasteiger partial charge in [-0.15, -0.1) is 0 Å². The summed E-state index contributed by atoms with van der Waals surface area (Å²) in [7, 11) is 0. The number of halogens is 2. The van der Waals surface area contributed by atoms with Crippen LogP contribution in [0.1, 0.15) is 31.7 Å². The van der Waals surface area contributed by atoms with Crippen molar-refractivity contribution in [3.63, 3.8) is 0 Å². The Labute approximate surface area is 127 Å². The van der Waals surface area contributed by atoms with Gasteiger partial charge in [-0.3, -0.25) is 10.2 Å². The van der Waals surface area contributed by atoms with Crippen molar-refractivity contribution in [3.05, 3.63) is 40.9 Å². The number of hydrazine groups is 1. The van der Waals surface area contributed by atoms with Gasteiger partial charge in [-0.2, -0.15) is 0 Å². The zero-order valence-corrected chi connectivity index (χ0v) is 12.5. The number of amides is 1. The van der Waals surface area contributed by atoms with Crippen molar-refractivity contribution in [1.29, 1.82) is 0 Å². The van der Waals surface area contributed by atoms with Crippen molar-refractivity contribution in [2.24, 2.45) is 5.84 Å². The molecule has 1 aromatic rings. The van der Waals surface area contributed by atoms with E-state index in [1.165, 1.54) is 4.81 Å². The first-order chi connectivity index (χ1) is 10.4. The van der Waals surface area contributed by atoms with Crippen LogP contribution in [0.4, 0.5) is 8.63 Å².